The first-order valence-corrected chi connectivity index (χ1v) is 10.2. The number of carbonyl (C=O) groups is 2. The highest BCUT2D eigenvalue weighted by atomic mass is 16.7. The molecule has 1 heterocycles. The lowest BCUT2D eigenvalue weighted by molar-refractivity contribution is -0.232. The summed E-state index contributed by atoms with van der Waals surface area (Å²) >= 11 is 0. The van der Waals surface area contributed by atoms with Gasteiger partial charge >= 0.3 is 11.9 Å². The molecule has 1 aliphatic carbocycles. The first-order valence-electron chi connectivity index (χ1n) is 10.2. The van der Waals surface area contributed by atoms with E-state index in [2.05, 4.69) is 0 Å². The van der Waals surface area contributed by atoms with Crippen molar-refractivity contribution in [1.82, 2.24) is 0 Å². The zero-order valence-corrected chi connectivity index (χ0v) is 16.9. The predicted octanol–water partition coefficient (Wildman–Crippen LogP) is 4.42. The minimum Gasteiger partial charge on any atom is -0.490 e. The summed E-state index contributed by atoms with van der Waals surface area (Å²) in [5.74, 6) is -1.24. The van der Waals surface area contributed by atoms with Crippen LogP contribution in [0.5, 0.6) is 11.5 Å². The normalized spacial score (nSPS) is 17.4. The molecule has 0 atom stereocenters. The van der Waals surface area contributed by atoms with Gasteiger partial charge in [0.1, 0.15) is 12.2 Å². The maximum atomic E-state index is 12.5. The van der Waals surface area contributed by atoms with E-state index in [9.17, 15) is 9.59 Å². The molecule has 30 heavy (non-hydrogen) atoms. The Bertz CT molecular complexity index is 935. The molecule has 2 aromatic carbocycles. The summed E-state index contributed by atoms with van der Waals surface area (Å²) in [7, 11) is 0. The van der Waals surface area contributed by atoms with Crippen LogP contribution in [0.3, 0.4) is 0 Å². The number of benzene rings is 2. The smallest absolute Gasteiger partial charge is 0.348 e. The fourth-order valence-corrected chi connectivity index (χ4v) is 3.69. The second kappa shape index (κ2) is 8.61. The van der Waals surface area contributed by atoms with E-state index in [1.54, 1.807) is 18.2 Å². The Hall–Kier alpha value is -3.28. The van der Waals surface area contributed by atoms with Crippen LogP contribution in [0.1, 0.15) is 43.7 Å². The quantitative estimate of drug-likeness (QED) is 0.400. The molecule has 0 N–H and O–H groups in total. The van der Waals surface area contributed by atoms with Gasteiger partial charge in [-0.15, -0.1) is 0 Å². The van der Waals surface area contributed by atoms with E-state index >= 15 is 0 Å². The number of esters is 2. The van der Waals surface area contributed by atoms with E-state index in [0.717, 1.165) is 18.4 Å². The van der Waals surface area contributed by atoms with Crippen molar-refractivity contribution in [2.45, 2.75) is 45.0 Å². The molecule has 1 saturated carbocycles. The zero-order chi connectivity index (χ0) is 21.0. The monoisotopic (exact) mass is 408 g/mol. The highest BCUT2D eigenvalue weighted by molar-refractivity contribution is 6.18. The van der Waals surface area contributed by atoms with Gasteiger partial charge in [0.15, 0.2) is 11.5 Å². The molecule has 0 unspecified atom stereocenters. The molecule has 0 bridgehead atoms. The first kappa shape index (κ1) is 20.0. The molecule has 0 amide bonds. The van der Waals surface area contributed by atoms with Crippen LogP contribution in [-0.2, 0) is 25.7 Å². The minimum atomic E-state index is -1.07. The van der Waals surface area contributed by atoms with Crippen molar-refractivity contribution in [2.24, 2.45) is 0 Å². The number of hydrogen-bond donors (Lipinski definition) is 0. The number of rotatable bonds is 6. The van der Waals surface area contributed by atoms with E-state index in [4.69, 9.17) is 18.9 Å². The van der Waals surface area contributed by atoms with Gasteiger partial charge in [-0.3, -0.25) is 0 Å². The molecule has 0 radical (unpaired) electrons. The zero-order valence-electron chi connectivity index (χ0n) is 16.9. The van der Waals surface area contributed by atoms with Gasteiger partial charge in [-0.1, -0.05) is 36.4 Å². The predicted molar refractivity (Wildman–Crippen MR) is 110 cm³/mol. The standard InChI is InChI=1S/C24H24O6/c1-2-27-21-15-18(10-11-20(21)28-16-17-8-4-3-5-9-17)14-19-22(25)29-24(30-23(19)26)12-6-7-13-24/h3-5,8-11,14-15H,2,6-7,12-13,16H2,1H3. The van der Waals surface area contributed by atoms with Crippen molar-refractivity contribution < 1.29 is 28.5 Å². The Labute approximate surface area is 175 Å². The molecular formula is C24H24O6. The number of hydrogen-bond acceptors (Lipinski definition) is 6. The van der Waals surface area contributed by atoms with Gasteiger partial charge in [-0.25, -0.2) is 9.59 Å². The lowest BCUT2D eigenvalue weighted by Gasteiger charge is -2.32. The molecule has 6 nitrogen and oxygen atoms in total. The third-order valence-corrected chi connectivity index (χ3v) is 5.18. The van der Waals surface area contributed by atoms with E-state index in [0.29, 0.717) is 43.1 Å². The molecule has 2 fully saturated rings. The molecule has 1 spiro atoms. The fourth-order valence-electron chi connectivity index (χ4n) is 3.69. The van der Waals surface area contributed by atoms with Crippen LogP contribution in [-0.4, -0.2) is 24.3 Å². The van der Waals surface area contributed by atoms with E-state index in [1.165, 1.54) is 6.08 Å². The Balaban J connectivity index is 1.53. The van der Waals surface area contributed by atoms with Crippen LogP contribution in [0.15, 0.2) is 54.1 Å². The second-order valence-electron chi connectivity index (χ2n) is 7.37. The number of ether oxygens (including phenoxy) is 4. The van der Waals surface area contributed by atoms with Gasteiger partial charge in [0.25, 0.3) is 5.79 Å². The summed E-state index contributed by atoms with van der Waals surface area (Å²) in [5, 5.41) is 0. The van der Waals surface area contributed by atoms with Gasteiger partial charge in [0.05, 0.1) is 6.61 Å². The molecule has 0 aromatic heterocycles. The molecule has 4 rings (SSSR count). The third kappa shape index (κ3) is 4.32. The maximum Gasteiger partial charge on any atom is 0.348 e. The van der Waals surface area contributed by atoms with Crippen molar-refractivity contribution in [2.75, 3.05) is 6.61 Å². The molecule has 1 aliphatic heterocycles. The molecule has 2 aliphatic rings. The lowest BCUT2D eigenvalue weighted by Crippen LogP contribution is -2.44. The maximum absolute atomic E-state index is 12.5. The summed E-state index contributed by atoms with van der Waals surface area (Å²) in [5.41, 5.74) is 1.55. The highest BCUT2D eigenvalue weighted by Crippen LogP contribution is 2.39. The van der Waals surface area contributed by atoms with E-state index in [-0.39, 0.29) is 5.57 Å². The van der Waals surface area contributed by atoms with Crippen molar-refractivity contribution >= 4 is 18.0 Å². The Morgan fingerprint density at radius 2 is 1.63 bits per heavy atom. The van der Waals surface area contributed by atoms with Crippen LogP contribution in [0.4, 0.5) is 0 Å². The Morgan fingerprint density at radius 3 is 2.30 bits per heavy atom. The topological polar surface area (TPSA) is 71.1 Å². The average molecular weight is 408 g/mol. The molecule has 1 saturated heterocycles. The van der Waals surface area contributed by atoms with Crippen molar-refractivity contribution in [3.8, 4) is 11.5 Å². The summed E-state index contributed by atoms with van der Waals surface area (Å²) in [6, 6.07) is 15.1. The van der Waals surface area contributed by atoms with Crippen molar-refractivity contribution in [1.29, 1.82) is 0 Å². The van der Waals surface area contributed by atoms with Gasteiger partial charge in [-0.2, -0.15) is 0 Å². The minimum absolute atomic E-state index is 0.118. The Kier molecular flexibility index (Phi) is 5.74. The summed E-state index contributed by atoms with van der Waals surface area (Å²) in [4.78, 5) is 24.9. The summed E-state index contributed by atoms with van der Waals surface area (Å²) in [6.07, 6.45) is 4.33. The van der Waals surface area contributed by atoms with Gasteiger partial charge in [0, 0.05) is 12.8 Å². The molecule has 6 heteroatoms. The first-order chi connectivity index (χ1) is 14.6. The third-order valence-electron chi connectivity index (χ3n) is 5.18. The number of carbonyl (C=O) groups excluding carboxylic acids is 2. The summed E-state index contributed by atoms with van der Waals surface area (Å²) in [6.45, 7) is 2.74. The summed E-state index contributed by atoms with van der Waals surface area (Å²) < 4.78 is 22.5. The van der Waals surface area contributed by atoms with Gasteiger partial charge < -0.3 is 18.9 Å². The van der Waals surface area contributed by atoms with Crippen molar-refractivity contribution in [3.05, 3.63) is 65.2 Å². The highest BCUT2D eigenvalue weighted by Gasteiger charge is 2.47. The van der Waals surface area contributed by atoms with Crippen molar-refractivity contribution in [3.63, 3.8) is 0 Å². The fraction of sp³-hybridized carbons (Fsp3) is 0.333. The largest absolute Gasteiger partial charge is 0.490 e. The van der Waals surface area contributed by atoms with Crippen LogP contribution in [0.2, 0.25) is 0 Å². The molecular weight excluding hydrogens is 384 g/mol. The lowest BCUT2D eigenvalue weighted by atomic mass is 10.1. The SMILES string of the molecule is CCOc1cc(C=C2C(=O)OC3(CCCC3)OC2=O)ccc1OCc1ccccc1. The van der Waals surface area contributed by atoms with Crippen LogP contribution in [0, 0.1) is 0 Å². The van der Waals surface area contributed by atoms with Gasteiger partial charge in [0.2, 0.25) is 0 Å². The van der Waals surface area contributed by atoms with Crippen LogP contribution in [0.25, 0.3) is 6.08 Å². The van der Waals surface area contributed by atoms with E-state index in [1.807, 2.05) is 37.3 Å². The molecule has 156 valence electrons. The molecule has 2 aromatic rings. The van der Waals surface area contributed by atoms with E-state index < -0.39 is 17.7 Å². The average Bonchev–Trinajstić information content (AvgIpc) is 3.18. The second-order valence-corrected chi connectivity index (χ2v) is 7.37. The van der Waals surface area contributed by atoms with Crippen LogP contribution < -0.4 is 9.47 Å². The van der Waals surface area contributed by atoms with Gasteiger partial charge in [-0.05, 0) is 49.1 Å². The Morgan fingerprint density at radius 1 is 0.933 bits per heavy atom. The van der Waals surface area contributed by atoms with Crippen LogP contribution >= 0.6 is 0 Å².